The monoisotopic (exact) mass is 416 g/mol. The highest BCUT2D eigenvalue weighted by atomic mass is 32.2. The molecule has 29 heavy (non-hydrogen) atoms. The first-order chi connectivity index (χ1) is 14.1. The number of piperidine rings is 1. The fourth-order valence-corrected chi connectivity index (χ4v) is 6.73. The van der Waals surface area contributed by atoms with Crippen LogP contribution in [0.4, 0.5) is 0 Å². The number of hydrogen-bond donors (Lipinski definition) is 0. The Morgan fingerprint density at radius 2 is 1.83 bits per heavy atom. The predicted octanol–water partition coefficient (Wildman–Crippen LogP) is 4.77. The van der Waals surface area contributed by atoms with E-state index >= 15 is 0 Å². The maximum absolute atomic E-state index is 12.7. The standard InChI is InChI=1S/C24H36N2O2S/c1-19-8-10-21(11-9-19)29-26-17-22(23(27)28-2)24(18-26)12-14-25(15-13-24)16-20-6-4-3-5-7-20/h8-11,20,22H,3-7,12-18H2,1-2H3. The van der Waals surface area contributed by atoms with Crippen molar-refractivity contribution in [2.24, 2.45) is 17.3 Å². The normalized spacial score (nSPS) is 26.1. The van der Waals surface area contributed by atoms with Crippen molar-refractivity contribution in [2.75, 3.05) is 39.8 Å². The van der Waals surface area contributed by atoms with Crippen LogP contribution in [0.3, 0.4) is 0 Å². The summed E-state index contributed by atoms with van der Waals surface area (Å²) in [7, 11) is 1.55. The molecule has 3 fully saturated rings. The van der Waals surface area contributed by atoms with Crippen molar-refractivity contribution in [1.82, 2.24) is 9.21 Å². The van der Waals surface area contributed by atoms with Crippen LogP contribution in [0.25, 0.3) is 0 Å². The first-order valence-electron chi connectivity index (χ1n) is 11.4. The lowest BCUT2D eigenvalue weighted by molar-refractivity contribution is -0.149. The molecular formula is C24H36N2O2S. The number of carbonyl (C=O) groups excluding carboxylic acids is 1. The van der Waals surface area contributed by atoms with E-state index in [1.54, 1.807) is 19.1 Å². The Kier molecular flexibility index (Phi) is 6.87. The Hall–Kier alpha value is -1.04. The molecule has 1 aromatic carbocycles. The van der Waals surface area contributed by atoms with Crippen LogP contribution in [-0.4, -0.2) is 55.0 Å². The topological polar surface area (TPSA) is 32.8 Å². The maximum atomic E-state index is 12.7. The fraction of sp³-hybridized carbons (Fsp3) is 0.708. The molecule has 2 aliphatic heterocycles. The number of methoxy groups -OCH3 is 1. The smallest absolute Gasteiger partial charge is 0.310 e. The molecule has 0 N–H and O–H groups in total. The Labute approximate surface area is 180 Å². The van der Waals surface area contributed by atoms with E-state index in [0.29, 0.717) is 0 Å². The zero-order chi connectivity index (χ0) is 20.3. The van der Waals surface area contributed by atoms with Crippen LogP contribution in [0.2, 0.25) is 0 Å². The van der Waals surface area contributed by atoms with Gasteiger partial charge >= 0.3 is 5.97 Å². The molecule has 5 heteroatoms. The van der Waals surface area contributed by atoms with Crippen molar-refractivity contribution >= 4 is 17.9 Å². The summed E-state index contributed by atoms with van der Waals surface area (Å²) in [4.78, 5) is 16.6. The number of carbonyl (C=O) groups is 1. The third-order valence-electron chi connectivity index (χ3n) is 7.45. The second-order valence-corrected chi connectivity index (χ2v) is 10.6. The molecule has 4 nitrogen and oxygen atoms in total. The molecule has 2 heterocycles. The average molecular weight is 417 g/mol. The largest absolute Gasteiger partial charge is 0.469 e. The number of rotatable bonds is 5. The van der Waals surface area contributed by atoms with Crippen LogP contribution >= 0.6 is 11.9 Å². The maximum Gasteiger partial charge on any atom is 0.310 e. The van der Waals surface area contributed by atoms with E-state index < -0.39 is 0 Å². The lowest BCUT2D eigenvalue weighted by atomic mass is 9.70. The summed E-state index contributed by atoms with van der Waals surface area (Å²) in [6.07, 6.45) is 9.31. The summed E-state index contributed by atoms with van der Waals surface area (Å²) in [6.45, 7) is 7.44. The molecule has 0 bridgehead atoms. The minimum Gasteiger partial charge on any atom is -0.469 e. The van der Waals surface area contributed by atoms with E-state index in [2.05, 4.69) is 40.4 Å². The van der Waals surface area contributed by atoms with Gasteiger partial charge in [0.05, 0.1) is 13.0 Å². The second kappa shape index (κ2) is 9.40. The average Bonchev–Trinajstić information content (AvgIpc) is 3.09. The van der Waals surface area contributed by atoms with Gasteiger partial charge in [0.1, 0.15) is 0 Å². The van der Waals surface area contributed by atoms with Crippen molar-refractivity contribution in [3.63, 3.8) is 0 Å². The van der Waals surface area contributed by atoms with Crippen LogP contribution in [0.15, 0.2) is 29.2 Å². The number of hydrogen-bond acceptors (Lipinski definition) is 5. The quantitative estimate of drug-likeness (QED) is 0.510. The minimum atomic E-state index is -0.0160. The zero-order valence-corrected chi connectivity index (χ0v) is 18.9. The van der Waals surface area contributed by atoms with Crippen molar-refractivity contribution in [2.45, 2.75) is 56.8 Å². The van der Waals surface area contributed by atoms with Gasteiger partial charge in [0.15, 0.2) is 0 Å². The summed E-state index contributed by atoms with van der Waals surface area (Å²) >= 11 is 1.80. The molecule has 1 unspecified atom stereocenters. The van der Waals surface area contributed by atoms with Gasteiger partial charge in [-0.3, -0.25) is 4.79 Å². The van der Waals surface area contributed by atoms with E-state index in [9.17, 15) is 4.79 Å². The molecule has 1 atom stereocenters. The molecule has 4 rings (SSSR count). The van der Waals surface area contributed by atoms with Gasteiger partial charge in [0.25, 0.3) is 0 Å². The van der Waals surface area contributed by atoms with Crippen LogP contribution in [0, 0.1) is 24.2 Å². The third kappa shape index (κ3) is 5.00. The van der Waals surface area contributed by atoms with Crippen LogP contribution in [0.5, 0.6) is 0 Å². The van der Waals surface area contributed by atoms with Crippen molar-refractivity contribution < 1.29 is 9.53 Å². The summed E-state index contributed by atoms with van der Waals surface area (Å²) < 4.78 is 7.64. The van der Waals surface area contributed by atoms with E-state index in [-0.39, 0.29) is 17.3 Å². The number of aryl methyl sites for hydroxylation is 1. The van der Waals surface area contributed by atoms with Gasteiger partial charge in [0, 0.05) is 29.9 Å². The number of benzene rings is 1. The number of nitrogens with zero attached hydrogens (tertiary/aromatic N) is 2. The molecule has 160 valence electrons. The SMILES string of the molecule is COC(=O)C1CN(Sc2ccc(C)cc2)CC12CCN(CC1CCCCC1)CC2. The van der Waals surface area contributed by atoms with Crippen LogP contribution in [0.1, 0.15) is 50.5 Å². The number of esters is 1. The highest BCUT2D eigenvalue weighted by Gasteiger charge is 2.52. The molecule has 0 radical (unpaired) electrons. The number of ether oxygens (including phenoxy) is 1. The molecule has 1 aromatic rings. The highest BCUT2D eigenvalue weighted by molar-refractivity contribution is 7.97. The van der Waals surface area contributed by atoms with Crippen molar-refractivity contribution in [3.05, 3.63) is 29.8 Å². The number of likely N-dealkylation sites (tertiary alicyclic amines) is 1. The molecule has 0 amide bonds. The van der Waals surface area contributed by atoms with E-state index in [1.165, 1.54) is 49.1 Å². The van der Waals surface area contributed by atoms with Crippen LogP contribution < -0.4 is 0 Å². The third-order valence-corrected chi connectivity index (χ3v) is 8.47. The zero-order valence-electron chi connectivity index (χ0n) is 18.1. The fourth-order valence-electron chi connectivity index (χ4n) is 5.63. The minimum absolute atomic E-state index is 0.00211. The second-order valence-electron chi connectivity index (χ2n) is 9.47. The van der Waals surface area contributed by atoms with E-state index in [0.717, 1.165) is 44.9 Å². The van der Waals surface area contributed by atoms with E-state index in [4.69, 9.17) is 4.74 Å². The lowest BCUT2D eigenvalue weighted by Gasteiger charge is -2.43. The molecule has 1 spiro atoms. The highest BCUT2D eigenvalue weighted by Crippen LogP contribution is 2.48. The molecular weight excluding hydrogens is 380 g/mol. The summed E-state index contributed by atoms with van der Waals surface area (Å²) in [5.41, 5.74) is 1.36. The van der Waals surface area contributed by atoms with Gasteiger partial charge in [0.2, 0.25) is 0 Å². The van der Waals surface area contributed by atoms with Gasteiger partial charge < -0.3 is 9.64 Å². The lowest BCUT2D eigenvalue weighted by Crippen LogP contribution is -2.47. The van der Waals surface area contributed by atoms with Gasteiger partial charge in [-0.15, -0.1) is 0 Å². The molecule has 0 aromatic heterocycles. The molecule has 2 saturated heterocycles. The Morgan fingerprint density at radius 3 is 2.48 bits per heavy atom. The van der Waals surface area contributed by atoms with Gasteiger partial charge in [-0.05, 0) is 75.7 Å². The van der Waals surface area contributed by atoms with E-state index in [1.807, 2.05) is 0 Å². The molecule has 1 aliphatic carbocycles. The van der Waals surface area contributed by atoms with Crippen molar-refractivity contribution in [1.29, 1.82) is 0 Å². The summed E-state index contributed by atoms with van der Waals surface area (Å²) in [6, 6.07) is 8.70. The summed E-state index contributed by atoms with van der Waals surface area (Å²) in [5.74, 6) is 0.881. The summed E-state index contributed by atoms with van der Waals surface area (Å²) in [5, 5.41) is 0. The van der Waals surface area contributed by atoms with Gasteiger partial charge in [-0.2, -0.15) is 0 Å². The molecule has 3 aliphatic rings. The first kappa shape index (κ1) is 21.2. The predicted molar refractivity (Wildman–Crippen MR) is 119 cm³/mol. The van der Waals surface area contributed by atoms with Crippen LogP contribution in [-0.2, 0) is 9.53 Å². The van der Waals surface area contributed by atoms with Crippen molar-refractivity contribution in [3.8, 4) is 0 Å². The Balaban J connectivity index is 1.39. The molecule has 1 saturated carbocycles. The van der Waals surface area contributed by atoms with Gasteiger partial charge in [-0.1, -0.05) is 37.0 Å². The van der Waals surface area contributed by atoms with Gasteiger partial charge in [-0.25, -0.2) is 4.31 Å². The Morgan fingerprint density at radius 1 is 1.14 bits per heavy atom. The Bertz CT molecular complexity index is 679. The first-order valence-corrected chi connectivity index (χ1v) is 12.2.